The highest BCUT2D eigenvalue weighted by Gasteiger charge is 2.16. The molecule has 21 heavy (non-hydrogen) atoms. The maximum absolute atomic E-state index is 4.70. The van der Waals surface area contributed by atoms with Gasteiger partial charge in [0.05, 0.1) is 21.3 Å². The van der Waals surface area contributed by atoms with Crippen molar-refractivity contribution in [2.75, 3.05) is 6.54 Å². The monoisotopic (exact) mass is 298 g/mol. The number of fused-ring (bicyclic) bond motifs is 1. The second-order valence-electron chi connectivity index (χ2n) is 5.01. The van der Waals surface area contributed by atoms with Gasteiger partial charge in [-0.05, 0) is 31.2 Å². The molecule has 0 spiro atoms. The van der Waals surface area contributed by atoms with Crippen molar-refractivity contribution in [3.63, 3.8) is 0 Å². The minimum absolute atomic E-state index is 0.108. The number of aryl methyl sites for hydroxylation is 1. The number of nitrogens with zero attached hydrogens (tertiary/aromatic N) is 3. The van der Waals surface area contributed by atoms with E-state index in [-0.39, 0.29) is 6.04 Å². The van der Waals surface area contributed by atoms with E-state index >= 15 is 0 Å². The van der Waals surface area contributed by atoms with Crippen LogP contribution in [-0.2, 0) is 6.42 Å². The fourth-order valence-electron chi connectivity index (χ4n) is 2.27. The van der Waals surface area contributed by atoms with Crippen molar-refractivity contribution >= 4 is 21.6 Å². The summed E-state index contributed by atoms with van der Waals surface area (Å²) in [5.74, 6) is 0.835. The van der Waals surface area contributed by atoms with Crippen LogP contribution in [0.3, 0.4) is 0 Å². The molecule has 3 aromatic rings. The molecule has 1 unspecified atom stereocenters. The van der Waals surface area contributed by atoms with Gasteiger partial charge in [0, 0.05) is 18.8 Å². The second kappa shape index (κ2) is 6.28. The molecule has 0 saturated heterocycles. The maximum Gasteiger partial charge on any atom is 0.145 e. The third-order valence-corrected chi connectivity index (χ3v) is 4.34. The van der Waals surface area contributed by atoms with Gasteiger partial charge in [-0.15, -0.1) is 11.3 Å². The van der Waals surface area contributed by atoms with E-state index in [9.17, 15) is 0 Å². The SMILES string of the molecule is CCNC(Cc1nc2ccccc2s1)c1ncc(C)cn1. The average Bonchev–Trinajstić information content (AvgIpc) is 2.90. The van der Waals surface area contributed by atoms with Gasteiger partial charge >= 0.3 is 0 Å². The van der Waals surface area contributed by atoms with Crippen LogP contribution in [0.1, 0.15) is 29.4 Å². The standard InChI is InChI=1S/C16H18N4S/c1-3-17-13(16-18-9-11(2)10-19-16)8-15-20-12-6-4-5-7-14(12)21-15/h4-7,9-10,13,17H,3,8H2,1-2H3. The zero-order valence-corrected chi connectivity index (χ0v) is 13.0. The van der Waals surface area contributed by atoms with Gasteiger partial charge in [-0.2, -0.15) is 0 Å². The summed E-state index contributed by atoms with van der Waals surface area (Å²) in [6.07, 6.45) is 4.55. The van der Waals surface area contributed by atoms with Gasteiger partial charge in [0.25, 0.3) is 0 Å². The van der Waals surface area contributed by atoms with Crippen LogP contribution in [0, 0.1) is 6.92 Å². The molecule has 0 aliphatic heterocycles. The van der Waals surface area contributed by atoms with Crippen LogP contribution >= 0.6 is 11.3 Å². The largest absolute Gasteiger partial charge is 0.307 e. The van der Waals surface area contributed by atoms with Gasteiger partial charge in [-0.3, -0.25) is 0 Å². The van der Waals surface area contributed by atoms with Crippen molar-refractivity contribution in [1.82, 2.24) is 20.3 Å². The molecule has 1 atom stereocenters. The third-order valence-electron chi connectivity index (χ3n) is 3.28. The number of hydrogen-bond acceptors (Lipinski definition) is 5. The van der Waals surface area contributed by atoms with Gasteiger partial charge in [-0.25, -0.2) is 15.0 Å². The molecule has 0 aliphatic rings. The quantitative estimate of drug-likeness (QED) is 0.785. The van der Waals surface area contributed by atoms with E-state index in [2.05, 4.69) is 40.4 Å². The van der Waals surface area contributed by atoms with Crippen molar-refractivity contribution in [2.45, 2.75) is 26.3 Å². The Bertz CT molecular complexity index is 687. The topological polar surface area (TPSA) is 50.7 Å². The van der Waals surface area contributed by atoms with Gasteiger partial charge in [0.15, 0.2) is 0 Å². The molecule has 0 aliphatic carbocycles. The van der Waals surface area contributed by atoms with Crippen LogP contribution in [-0.4, -0.2) is 21.5 Å². The highest BCUT2D eigenvalue weighted by molar-refractivity contribution is 7.18. The number of para-hydroxylation sites is 1. The molecule has 2 heterocycles. The number of benzene rings is 1. The van der Waals surface area contributed by atoms with Crippen molar-refractivity contribution in [1.29, 1.82) is 0 Å². The first-order chi connectivity index (χ1) is 10.3. The fourth-order valence-corrected chi connectivity index (χ4v) is 3.28. The van der Waals surface area contributed by atoms with E-state index in [0.29, 0.717) is 0 Å². The summed E-state index contributed by atoms with van der Waals surface area (Å²) in [6, 6.07) is 8.35. The van der Waals surface area contributed by atoms with Crippen LogP contribution < -0.4 is 5.32 Å². The predicted octanol–water partition coefficient (Wildman–Crippen LogP) is 3.29. The lowest BCUT2D eigenvalue weighted by molar-refractivity contribution is 0.520. The van der Waals surface area contributed by atoms with Gasteiger partial charge in [-0.1, -0.05) is 19.1 Å². The summed E-state index contributed by atoms with van der Waals surface area (Å²) in [6.45, 7) is 4.98. The fraction of sp³-hybridized carbons (Fsp3) is 0.312. The van der Waals surface area contributed by atoms with Gasteiger partial charge < -0.3 is 5.32 Å². The Morgan fingerprint density at radius 2 is 1.95 bits per heavy atom. The van der Waals surface area contributed by atoms with Crippen LogP contribution in [0.15, 0.2) is 36.7 Å². The number of nitrogens with one attached hydrogen (secondary N) is 1. The van der Waals surface area contributed by atoms with Crippen molar-refractivity contribution in [3.05, 3.63) is 53.1 Å². The molecule has 5 heteroatoms. The molecule has 1 aromatic carbocycles. The first-order valence-electron chi connectivity index (χ1n) is 7.12. The van der Waals surface area contributed by atoms with E-state index in [1.807, 2.05) is 25.4 Å². The van der Waals surface area contributed by atoms with E-state index in [1.54, 1.807) is 11.3 Å². The molecular weight excluding hydrogens is 280 g/mol. The number of hydrogen-bond donors (Lipinski definition) is 1. The molecule has 0 fully saturated rings. The lowest BCUT2D eigenvalue weighted by Gasteiger charge is -2.14. The molecule has 3 rings (SSSR count). The molecule has 108 valence electrons. The van der Waals surface area contributed by atoms with Crippen molar-refractivity contribution in [3.8, 4) is 0 Å². The molecule has 4 nitrogen and oxygen atoms in total. The Morgan fingerprint density at radius 3 is 2.67 bits per heavy atom. The lowest BCUT2D eigenvalue weighted by atomic mass is 10.2. The first-order valence-corrected chi connectivity index (χ1v) is 7.94. The minimum atomic E-state index is 0.108. The lowest BCUT2D eigenvalue weighted by Crippen LogP contribution is -2.24. The summed E-state index contributed by atoms with van der Waals surface area (Å²) in [5.41, 5.74) is 2.14. The smallest absolute Gasteiger partial charge is 0.145 e. The van der Waals surface area contributed by atoms with E-state index in [4.69, 9.17) is 4.98 Å². The van der Waals surface area contributed by atoms with Crippen molar-refractivity contribution in [2.24, 2.45) is 0 Å². The molecule has 0 saturated carbocycles. The van der Waals surface area contributed by atoms with Gasteiger partial charge in [0.1, 0.15) is 5.82 Å². The molecule has 0 radical (unpaired) electrons. The third kappa shape index (κ3) is 3.25. The van der Waals surface area contributed by atoms with Crippen LogP contribution in [0.2, 0.25) is 0 Å². The summed E-state index contributed by atoms with van der Waals surface area (Å²) in [4.78, 5) is 13.6. The first kappa shape index (κ1) is 14.1. The summed E-state index contributed by atoms with van der Waals surface area (Å²) >= 11 is 1.74. The Morgan fingerprint density at radius 1 is 1.19 bits per heavy atom. The number of aromatic nitrogens is 3. The Kier molecular flexibility index (Phi) is 4.22. The zero-order valence-electron chi connectivity index (χ0n) is 12.2. The Labute approximate surface area is 128 Å². The van der Waals surface area contributed by atoms with Gasteiger partial charge in [0.2, 0.25) is 0 Å². The van der Waals surface area contributed by atoms with E-state index < -0.39 is 0 Å². The minimum Gasteiger partial charge on any atom is -0.307 e. The summed E-state index contributed by atoms with van der Waals surface area (Å²) in [5, 5.41) is 4.57. The molecule has 0 amide bonds. The Hall–Kier alpha value is -1.85. The van der Waals surface area contributed by atoms with Crippen LogP contribution in [0.25, 0.3) is 10.2 Å². The second-order valence-corrected chi connectivity index (χ2v) is 6.12. The highest BCUT2D eigenvalue weighted by Crippen LogP contribution is 2.25. The number of rotatable bonds is 5. The van der Waals surface area contributed by atoms with Crippen molar-refractivity contribution < 1.29 is 0 Å². The molecule has 0 bridgehead atoms. The summed E-state index contributed by atoms with van der Waals surface area (Å²) in [7, 11) is 0. The molecular formula is C16H18N4S. The molecule has 1 N–H and O–H groups in total. The van der Waals surface area contributed by atoms with E-state index in [0.717, 1.165) is 34.9 Å². The highest BCUT2D eigenvalue weighted by atomic mass is 32.1. The average molecular weight is 298 g/mol. The van der Waals surface area contributed by atoms with E-state index in [1.165, 1.54) is 4.70 Å². The predicted molar refractivity (Wildman–Crippen MR) is 86.5 cm³/mol. The van der Waals surface area contributed by atoms with Crippen LogP contribution in [0.5, 0.6) is 0 Å². The maximum atomic E-state index is 4.70. The normalized spacial score (nSPS) is 12.7. The summed E-state index contributed by atoms with van der Waals surface area (Å²) < 4.78 is 1.23. The molecule has 2 aromatic heterocycles. The van der Waals surface area contributed by atoms with Crippen LogP contribution in [0.4, 0.5) is 0 Å². The number of thiazole rings is 1. The Balaban J connectivity index is 1.85. The number of likely N-dealkylation sites (N-methyl/N-ethyl adjacent to an activating group) is 1. The zero-order chi connectivity index (χ0) is 14.7.